The number of hydrogen-bond donors (Lipinski definition) is 1. The third kappa shape index (κ3) is 3.01. The van der Waals surface area contributed by atoms with Gasteiger partial charge in [-0.15, -0.1) is 0 Å². The molecule has 4 nitrogen and oxygen atoms in total. The molecule has 0 radical (unpaired) electrons. The Bertz CT molecular complexity index is 724. The average molecular weight is 322 g/mol. The third-order valence-corrected chi connectivity index (χ3v) is 5.00. The fourth-order valence-electron chi connectivity index (χ4n) is 3.72. The molecule has 4 rings (SSSR count). The van der Waals surface area contributed by atoms with Gasteiger partial charge in [0.15, 0.2) is 0 Å². The van der Waals surface area contributed by atoms with Crippen LogP contribution >= 0.6 is 0 Å². The minimum absolute atomic E-state index is 0.00946. The molecule has 0 bridgehead atoms. The standard InChI is InChI=1S/C20H22N2O2/c23-20(14-6-1-2-7-14)22-13-16-12-15-8-5-9-17(19(15)24-16)18-10-3-4-11-21-18/h3-5,8-11,14,16H,1-2,6-7,12-13H2,(H,22,23)/t16-/m0/s1. The van der Waals surface area contributed by atoms with Gasteiger partial charge in [-0.05, 0) is 36.6 Å². The van der Waals surface area contributed by atoms with Crippen LogP contribution in [0.15, 0.2) is 42.6 Å². The molecular formula is C20H22N2O2. The largest absolute Gasteiger partial charge is 0.487 e. The van der Waals surface area contributed by atoms with Gasteiger partial charge in [0.25, 0.3) is 0 Å². The number of amides is 1. The fourth-order valence-corrected chi connectivity index (χ4v) is 3.72. The SMILES string of the molecule is O=C(NC[C@@H]1Cc2cccc(-c3ccccn3)c2O1)C1CCCC1. The zero-order chi connectivity index (χ0) is 16.4. The van der Waals surface area contributed by atoms with Crippen LogP contribution in [0.2, 0.25) is 0 Å². The van der Waals surface area contributed by atoms with Crippen LogP contribution in [0.1, 0.15) is 31.2 Å². The Morgan fingerprint density at radius 3 is 2.83 bits per heavy atom. The van der Waals surface area contributed by atoms with Crippen LogP contribution in [0, 0.1) is 5.92 Å². The van der Waals surface area contributed by atoms with E-state index in [-0.39, 0.29) is 17.9 Å². The lowest BCUT2D eigenvalue weighted by Crippen LogP contribution is -2.37. The van der Waals surface area contributed by atoms with Crippen molar-refractivity contribution >= 4 is 5.91 Å². The molecule has 0 spiro atoms. The van der Waals surface area contributed by atoms with E-state index >= 15 is 0 Å². The van der Waals surface area contributed by atoms with Crippen molar-refractivity contribution in [3.63, 3.8) is 0 Å². The van der Waals surface area contributed by atoms with Gasteiger partial charge in [-0.25, -0.2) is 0 Å². The van der Waals surface area contributed by atoms with Gasteiger partial charge >= 0.3 is 0 Å². The van der Waals surface area contributed by atoms with Gasteiger partial charge in [-0.2, -0.15) is 0 Å². The molecule has 1 saturated carbocycles. The molecule has 1 fully saturated rings. The lowest BCUT2D eigenvalue weighted by atomic mass is 10.0. The molecule has 1 atom stereocenters. The maximum absolute atomic E-state index is 12.2. The molecule has 1 aromatic carbocycles. The molecular weight excluding hydrogens is 300 g/mol. The summed E-state index contributed by atoms with van der Waals surface area (Å²) in [5, 5.41) is 3.08. The van der Waals surface area contributed by atoms with Crippen molar-refractivity contribution in [2.24, 2.45) is 5.92 Å². The first kappa shape index (κ1) is 15.2. The van der Waals surface area contributed by atoms with Crippen molar-refractivity contribution in [2.75, 3.05) is 6.54 Å². The number of pyridine rings is 1. The molecule has 1 aromatic heterocycles. The Morgan fingerprint density at radius 1 is 1.17 bits per heavy atom. The zero-order valence-electron chi connectivity index (χ0n) is 13.7. The summed E-state index contributed by atoms with van der Waals surface area (Å²) in [7, 11) is 0. The first-order valence-electron chi connectivity index (χ1n) is 8.79. The summed E-state index contributed by atoms with van der Waals surface area (Å²) in [5.74, 6) is 1.31. The monoisotopic (exact) mass is 322 g/mol. The van der Waals surface area contributed by atoms with Crippen molar-refractivity contribution in [3.8, 4) is 17.0 Å². The molecule has 24 heavy (non-hydrogen) atoms. The van der Waals surface area contributed by atoms with Gasteiger partial charge in [0.05, 0.1) is 12.2 Å². The number of carbonyl (C=O) groups is 1. The topological polar surface area (TPSA) is 51.2 Å². The molecule has 124 valence electrons. The maximum Gasteiger partial charge on any atom is 0.223 e. The normalized spacial score (nSPS) is 19.8. The summed E-state index contributed by atoms with van der Waals surface area (Å²) in [6, 6.07) is 12.1. The molecule has 2 aliphatic rings. The Morgan fingerprint density at radius 2 is 2.04 bits per heavy atom. The number of benzene rings is 1. The number of nitrogens with one attached hydrogen (secondary N) is 1. The van der Waals surface area contributed by atoms with Crippen molar-refractivity contribution in [1.82, 2.24) is 10.3 Å². The second-order valence-corrected chi connectivity index (χ2v) is 6.68. The number of carbonyl (C=O) groups excluding carboxylic acids is 1. The summed E-state index contributed by atoms with van der Waals surface area (Å²) in [5.41, 5.74) is 3.14. The number of nitrogens with zero attached hydrogens (tertiary/aromatic N) is 1. The van der Waals surface area contributed by atoms with Crippen molar-refractivity contribution in [1.29, 1.82) is 0 Å². The number of aromatic nitrogens is 1. The van der Waals surface area contributed by atoms with Gasteiger partial charge < -0.3 is 10.1 Å². The first-order chi connectivity index (χ1) is 11.8. The highest BCUT2D eigenvalue weighted by atomic mass is 16.5. The van der Waals surface area contributed by atoms with Crippen LogP contribution in [0.5, 0.6) is 5.75 Å². The van der Waals surface area contributed by atoms with E-state index in [1.165, 1.54) is 18.4 Å². The molecule has 1 aliphatic heterocycles. The Kier molecular flexibility index (Phi) is 4.20. The van der Waals surface area contributed by atoms with Crippen molar-refractivity contribution < 1.29 is 9.53 Å². The second kappa shape index (κ2) is 6.63. The molecule has 1 N–H and O–H groups in total. The third-order valence-electron chi connectivity index (χ3n) is 5.00. The Labute approximate surface area is 142 Å². The van der Waals surface area contributed by atoms with Crippen LogP contribution in [0.25, 0.3) is 11.3 Å². The molecule has 0 unspecified atom stereocenters. The van der Waals surface area contributed by atoms with E-state index in [9.17, 15) is 4.79 Å². The smallest absolute Gasteiger partial charge is 0.223 e. The highest BCUT2D eigenvalue weighted by Gasteiger charge is 2.28. The average Bonchev–Trinajstić information content (AvgIpc) is 3.29. The van der Waals surface area contributed by atoms with E-state index in [1.54, 1.807) is 6.20 Å². The zero-order valence-corrected chi connectivity index (χ0v) is 13.7. The summed E-state index contributed by atoms with van der Waals surface area (Å²) in [4.78, 5) is 16.6. The van der Waals surface area contributed by atoms with Crippen molar-refractivity contribution in [3.05, 3.63) is 48.2 Å². The van der Waals surface area contributed by atoms with E-state index in [2.05, 4.69) is 16.4 Å². The predicted molar refractivity (Wildman–Crippen MR) is 92.8 cm³/mol. The number of para-hydroxylation sites is 1. The lowest BCUT2D eigenvalue weighted by Gasteiger charge is -2.15. The highest BCUT2D eigenvalue weighted by molar-refractivity contribution is 5.79. The molecule has 2 aromatic rings. The fraction of sp³-hybridized carbons (Fsp3) is 0.400. The van der Waals surface area contributed by atoms with Crippen LogP contribution in [-0.2, 0) is 11.2 Å². The Hall–Kier alpha value is -2.36. The predicted octanol–water partition coefficient (Wildman–Crippen LogP) is 3.36. The van der Waals surface area contributed by atoms with Gasteiger partial charge in [0.2, 0.25) is 5.91 Å². The van der Waals surface area contributed by atoms with E-state index in [0.717, 1.165) is 36.3 Å². The highest BCUT2D eigenvalue weighted by Crippen LogP contribution is 2.37. The van der Waals surface area contributed by atoms with E-state index in [1.807, 2.05) is 30.3 Å². The number of hydrogen-bond acceptors (Lipinski definition) is 3. The molecule has 2 heterocycles. The van der Waals surface area contributed by atoms with Crippen LogP contribution in [-0.4, -0.2) is 23.5 Å². The van der Waals surface area contributed by atoms with Crippen LogP contribution in [0.4, 0.5) is 0 Å². The second-order valence-electron chi connectivity index (χ2n) is 6.68. The lowest BCUT2D eigenvalue weighted by molar-refractivity contribution is -0.125. The quantitative estimate of drug-likeness (QED) is 0.939. The summed E-state index contributed by atoms with van der Waals surface area (Å²) in [6.45, 7) is 0.575. The van der Waals surface area contributed by atoms with Crippen LogP contribution < -0.4 is 10.1 Å². The van der Waals surface area contributed by atoms with E-state index < -0.39 is 0 Å². The van der Waals surface area contributed by atoms with Gasteiger partial charge in [0.1, 0.15) is 11.9 Å². The molecule has 1 aliphatic carbocycles. The first-order valence-corrected chi connectivity index (χ1v) is 8.79. The molecule has 1 amide bonds. The van der Waals surface area contributed by atoms with E-state index in [4.69, 9.17) is 4.74 Å². The maximum atomic E-state index is 12.2. The number of rotatable bonds is 4. The summed E-state index contributed by atoms with van der Waals surface area (Å²) < 4.78 is 6.15. The number of fused-ring (bicyclic) bond motifs is 1. The summed E-state index contributed by atoms with van der Waals surface area (Å²) in [6.07, 6.45) is 7.05. The van der Waals surface area contributed by atoms with Gasteiger partial charge in [0, 0.05) is 24.1 Å². The van der Waals surface area contributed by atoms with Gasteiger partial charge in [-0.1, -0.05) is 31.0 Å². The minimum atomic E-state index is 0.00946. The minimum Gasteiger partial charge on any atom is -0.487 e. The summed E-state index contributed by atoms with van der Waals surface area (Å²) >= 11 is 0. The number of ether oxygens (including phenoxy) is 1. The molecule has 0 saturated heterocycles. The molecule has 4 heteroatoms. The Balaban J connectivity index is 1.43. The van der Waals surface area contributed by atoms with Crippen molar-refractivity contribution in [2.45, 2.75) is 38.2 Å². The van der Waals surface area contributed by atoms with E-state index in [0.29, 0.717) is 6.54 Å². The van der Waals surface area contributed by atoms with Crippen LogP contribution in [0.3, 0.4) is 0 Å². The van der Waals surface area contributed by atoms with Gasteiger partial charge in [-0.3, -0.25) is 9.78 Å².